The van der Waals surface area contributed by atoms with E-state index in [-0.39, 0.29) is 0 Å². The molecule has 1 aromatic heterocycles. The summed E-state index contributed by atoms with van der Waals surface area (Å²) in [5, 5.41) is 0. The van der Waals surface area contributed by atoms with Crippen molar-refractivity contribution >= 4 is 5.82 Å². The zero-order valence-corrected chi connectivity index (χ0v) is 5.83. The first kappa shape index (κ1) is 7.08. The Morgan fingerprint density at radius 2 is 2.60 bits per heavy atom. The van der Waals surface area contributed by atoms with Crippen LogP contribution >= 0.6 is 0 Å². The molecule has 0 unspecified atom stereocenters. The molecular weight excluding hydrogens is 132 g/mol. The number of nitrogens with zero attached hydrogens (tertiary/aromatic N) is 1. The summed E-state index contributed by atoms with van der Waals surface area (Å²) in [6.45, 7) is 2.96. The van der Waals surface area contributed by atoms with Crippen molar-refractivity contribution in [3.05, 3.63) is 12.2 Å². The van der Waals surface area contributed by atoms with Gasteiger partial charge in [-0.05, 0) is 6.92 Å². The molecule has 0 aliphatic heterocycles. The summed E-state index contributed by atoms with van der Waals surface area (Å²) in [6, 6.07) is 0. The molecule has 0 aromatic carbocycles. The second kappa shape index (κ2) is 3.22. The topological polar surface area (TPSA) is 61.3 Å². The first-order valence-corrected chi connectivity index (χ1v) is 3.10. The molecule has 2 N–H and O–H groups in total. The van der Waals surface area contributed by atoms with Crippen molar-refractivity contribution in [3.63, 3.8) is 0 Å². The quantitative estimate of drug-likeness (QED) is 0.677. The fraction of sp³-hybridized carbons (Fsp3) is 0.500. The number of nitrogens with two attached hydrogens (primary N) is 1. The largest absolute Gasteiger partial charge is 0.444 e. The lowest BCUT2D eigenvalue weighted by Crippen LogP contribution is -1.92. The molecule has 0 amide bonds. The molecule has 0 spiro atoms. The number of nitrogen functional groups attached to an aromatic ring is 1. The molecule has 10 heavy (non-hydrogen) atoms. The molecule has 1 rings (SSSR count). The molecule has 0 bridgehead atoms. The highest BCUT2D eigenvalue weighted by Gasteiger charge is 1.98. The van der Waals surface area contributed by atoms with E-state index in [2.05, 4.69) is 4.98 Å². The van der Waals surface area contributed by atoms with Gasteiger partial charge in [-0.3, -0.25) is 0 Å². The fourth-order valence-electron chi connectivity index (χ4n) is 0.581. The van der Waals surface area contributed by atoms with Crippen LogP contribution in [-0.4, -0.2) is 11.6 Å². The zero-order valence-electron chi connectivity index (χ0n) is 5.83. The Morgan fingerprint density at radius 1 is 1.80 bits per heavy atom. The highest BCUT2D eigenvalue weighted by Crippen LogP contribution is 2.03. The van der Waals surface area contributed by atoms with Gasteiger partial charge >= 0.3 is 0 Å². The molecule has 56 valence electrons. The van der Waals surface area contributed by atoms with Crippen molar-refractivity contribution in [2.75, 3.05) is 12.3 Å². The first-order valence-electron chi connectivity index (χ1n) is 3.10. The molecule has 0 aliphatic rings. The van der Waals surface area contributed by atoms with Gasteiger partial charge in [-0.15, -0.1) is 0 Å². The van der Waals surface area contributed by atoms with Gasteiger partial charge in [-0.25, -0.2) is 0 Å². The zero-order chi connectivity index (χ0) is 7.40. The predicted octanol–water partition coefficient (Wildman–Crippen LogP) is 0.793. The van der Waals surface area contributed by atoms with Gasteiger partial charge in [0.25, 0.3) is 0 Å². The first-order chi connectivity index (χ1) is 4.83. The van der Waals surface area contributed by atoms with E-state index in [0.29, 0.717) is 24.9 Å². The van der Waals surface area contributed by atoms with Crippen LogP contribution < -0.4 is 5.73 Å². The van der Waals surface area contributed by atoms with Gasteiger partial charge in [0.05, 0.1) is 0 Å². The Balaban J connectivity index is 2.42. The molecule has 0 radical (unpaired) electrons. The minimum Gasteiger partial charge on any atom is -0.444 e. The van der Waals surface area contributed by atoms with Crippen molar-refractivity contribution in [1.29, 1.82) is 0 Å². The summed E-state index contributed by atoms with van der Waals surface area (Å²) in [7, 11) is 0. The summed E-state index contributed by atoms with van der Waals surface area (Å²) in [6.07, 6.45) is 1.40. The van der Waals surface area contributed by atoms with Crippen molar-refractivity contribution in [2.45, 2.75) is 13.5 Å². The Hall–Kier alpha value is -1.03. The van der Waals surface area contributed by atoms with Crippen molar-refractivity contribution in [1.82, 2.24) is 4.98 Å². The van der Waals surface area contributed by atoms with Crippen molar-refractivity contribution < 1.29 is 9.15 Å². The van der Waals surface area contributed by atoms with Gasteiger partial charge < -0.3 is 14.9 Å². The summed E-state index contributed by atoms with van der Waals surface area (Å²) in [5.41, 5.74) is 5.29. The predicted molar refractivity (Wildman–Crippen MR) is 36.2 cm³/mol. The molecule has 0 saturated heterocycles. The van der Waals surface area contributed by atoms with E-state index in [0.717, 1.165) is 0 Å². The van der Waals surface area contributed by atoms with Crippen LogP contribution in [0.2, 0.25) is 0 Å². The van der Waals surface area contributed by atoms with E-state index in [1.54, 1.807) is 0 Å². The highest BCUT2D eigenvalue weighted by molar-refractivity contribution is 5.21. The van der Waals surface area contributed by atoms with E-state index >= 15 is 0 Å². The van der Waals surface area contributed by atoms with Crippen LogP contribution in [0.4, 0.5) is 5.82 Å². The second-order valence-electron chi connectivity index (χ2n) is 1.80. The van der Waals surface area contributed by atoms with Crippen molar-refractivity contribution in [3.8, 4) is 0 Å². The number of hydrogen-bond acceptors (Lipinski definition) is 4. The normalized spacial score (nSPS) is 10.1. The van der Waals surface area contributed by atoms with E-state index in [4.69, 9.17) is 14.9 Å². The Kier molecular flexibility index (Phi) is 2.28. The number of hydrogen-bond donors (Lipinski definition) is 1. The average molecular weight is 142 g/mol. The summed E-state index contributed by atoms with van der Waals surface area (Å²) >= 11 is 0. The molecule has 0 aliphatic carbocycles. The number of oxazole rings is 1. The minimum absolute atomic E-state index is 0.397. The van der Waals surface area contributed by atoms with Crippen LogP contribution in [0.25, 0.3) is 0 Å². The van der Waals surface area contributed by atoms with Gasteiger partial charge in [0.1, 0.15) is 12.9 Å². The molecule has 0 saturated carbocycles. The Morgan fingerprint density at radius 3 is 3.10 bits per heavy atom. The maximum absolute atomic E-state index is 5.29. The van der Waals surface area contributed by atoms with Crippen LogP contribution in [0.3, 0.4) is 0 Å². The maximum atomic E-state index is 5.29. The van der Waals surface area contributed by atoms with Gasteiger partial charge in [-0.1, -0.05) is 0 Å². The number of aromatic nitrogens is 1. The SMILES string of the molecule is CCOCc1nc(N)co1. The smallest absolute Gasteiger partial charge is 0.222 e. The molecular formula is C6H10N2O2. The Bertz CT molecular complexity index is 197. The van der Waals surface area contributed by atoms with Crippen LogP contribution in [0.15, 0.2) is 10.7 Å². The lowest BCUT2D eigenvalue weighted by atomic mass is 10.7. The number of ether oxygens (including phenoxy) is 1. The second-order valence-corrected chi connectivity index (χ2v) is 1.80. The van der Waals surface area contributed by atoms with Gasteiger partial charge in [0, 0.05) is 6.61 Å². The number of rotatable bonds is 3. The van der Waals surface area contributed by atoms with Gasteiger partial charge in [0.2, 0.25) is 5.89 Å². The van der Waals surface area contributed by atoms with E-state index in [9.17, 15) is 0 Å². The minimum atomic E-state index is 0.397. The molecule has 4 heteroatoms. The average Bonchev–Trinajstić information content (AvgIpc) is 2.31. The van der Waals surface area contributed by atoms with Gasteiger partial charge in [0.15, 0.2) is 5.82 Å². The van der Waals surface area contributed by atoms with E-state index in [1.807, 2.05) is 6.92 Å². The highest BCUT2D eigenvalue weighted by atomic mass is 16.5. The number of anilines is 1. The van der Waals surface area contributed by atoms with E-state index in [1.165, 1.54) is 6.26 Å². The van der Waals surface area contributed by atoms with E-state index < -0.39 is 0 Å². The lowest BCUT2D eigenvalue weighted by Gasteiger charge is -1.92. The fourth-order valence-corrected chi connectivity index (χ4v) is 0.581. The molecule has 4 nitrogen and oxygen atoms in total. The van der Waals surface area contributed by atoms with Crippen LogP contribution in [0.5, 0.6) is 0 Å². The molecule has 1 heterocycles. The Labute approximate surface area is 59.0 Å². The molecule has 0 fully saturated rings. The van der Waals surface area contributed by atoms with Crippen LogP contribution in [0, 0.1) is 0 Å². The summed E-state index contributed by atoms with van der Waals surface area (Å²) < 4.78 is 9.93. The van der Waals surface area contributed by atoms with Crippen molar-refractivity contribution in [2.24, 2.45) is 0 Å². The van der Waals surface area contributed by atoms with Crippen LogP contribution in [-0.2, 0) is 11.3 Å². The molecule has 1 aromatic rings. The third-order valence-corrected chi connectivity index (χ3v) is 0.999. The van der Waals surface area contributed by atoms with Gasteiger partial charge in [-0.2, -0.15) is 4.98 Å². The molecule has 0 atom stereocenters. The third-order valence-electron chi connectivity index (χ3n) is 0.999. The standard InChI is InChI=1S/C6H10N2O2/c1-2-9-4-6-8-5(7)3-10-6/h3H,2,4,7H2,1H3. The summed E-state index contributed by atoms with van der Waals surface area (Å²) in [4.78, 5) is 3.83. The third kappa shape index (κ3) is 1.73. The lowest BCUT2D eigenvalue weighted by molar-refractivity contribution is 0.114. The maximum Gasteiger partial charge on any atom is 0.222 e. The summed E-state index contributed by atoms with van der Waals surface area (Å²) in [5.74, 6) is 0.925. The van der Waals surface area contributed by atoms with Crippen LogP contribution in [0.1, 0.15) is 12.8 Å². The monoisotopic (exact) mass is 142 g/mol.